The number of benzene rings is 1. The Kier molecular flexibility index (Phi) is 2.21. The third-order valence-corrected chi connectivity index (χ3v) is 4.29. The molecule has 1 N–H and O–H groups in total. The van der Waals surface area contributed by atoms with Crippen LogP contribution in [-0.2, 0) is 5.41 Å². The third kappa shape index (κ3) is 1.29. The van der Waals surface area contributed by atoms with Crippen molar-refractivity contribution in [2.75, 3.05) is 13.7 Å². The molecule has 2 fully saturated rings. The predicted octanol–water partition coefficient (Wildman–Crippen LogP) is 2.36. The van der Waals surface area contributed by atoms with Crippen LogP contribution in [0, 0.1) is 11.8 Å². The summed E-state index contributed by atoms with van der Waals surface area (Å²) in [5, 5.41) is 9.40. The molecule has 3 rings (SSSR count). The van der Waals surface area contributed by atoms with E-state index >= 15 is 0 Å². The average molecular weight is 218 g/mol. The van der Waals surface area contributed by atoms with Crippen molar-refractivity contribution in [2.45, 2.75) is 24.7 Å². The van der Waals surface area contributed by atoms with Crippen molar-refractivity contribution < 1.29 is 9.84 Å². The first-order chi connectivity index (χ1) is 7.82. The van der Waals surface area contributed by atoms with Gasteiger partial charge in [0.2, 0.25) is 0 Å². The van der Waals surface area contributed by atoms with Crippen molar-refractivity contribution in [1.82, 2.24) is 0 Å². The van der Waals surface area contributed by atoms with Crippen molar-refractivity contribution in [2.24, 2.45) is 11.8 Å². The summed E-state index contributed by atoms with van der Waals surface area (Å²) >= 11 is 0. The van der Waals surface area contributed by atoms with E-state index in [9.17, 15) is 5.11 Å². The summed E-state index contributed by atoms with van der Waals surface area (Å²) in [6, 6.07) is 8.30. The molecule has 16 heavy (non-hydrogen) atoms. The molecule has 2 aliphatic rings. The van der Waals surface area contributed by atoms with Crippen molar-refractivity contribution in [3.63, 3.8) is 0 Å². The third-order valence-electron chi connectivity index (χ3n) is 4.29. The number of para-hydroxylation sites is 1. The van der Waals surface area contributed by atoms with Gasteiger partial charge in [-0.25, -0.2) is 0 Å². The zero-order valence-corrected chi connectivity index (χ0v) is 9.65. The van der Waals surface area contributed by atoms with Crippen molar-refractivity contribution in [1.29, 1.82) is 0 Å². The average Bonchev–Trinajstić information content (AvgIpc) is 3.19. The van der Waals surface area contributed by atoms with E-state index < -0.39 is 0 Å². The number of aliphatic hydroxyl groups is 1. The SMILES string of the molecule is COc1ccccc1C1(C2CC2)CC1CO. The van der Waals surface area contributed by atoms with Crippen LogP contribution in [0.5, 0.6) is 5.75 Å². The predicted molar refractivity (Wildman–Crippen MR) is 62.6 cm³/mol. The fraction of sp³-hybridized carbons (Fsp3) is 0.571. The Bertz CT molecular complexity index is 397. The minimum Gasteiger partial charge on any atom is -0.496 e. The van der Waals surface area contributed by atoms with Gasteiger partial charge in [0, 0.05) is 17.6 Å². The number of rotatable bonds is 4. The van der Waals surface area contributed by atoms with E-state index in [1.165, 1.54) is 18.4 Å². The maximum absolute atomic E-state index is 9.40. The maximum atomic E-state index is 9.40. The van der Waals surface area contributed by atoms with Crippen LogP contribution in [0.25, 0.3) is 0 Å². The van der Waals surface area contributed by atoms with E-state index in [2.05, 4.69) is 12.1 Å². The minimum absolute atomic E-state index is 0.237. The fourth-order valence-corrected chi connectivity index (χ4v) is 3.25. The number of hydrogen-bond donors (Lipinski definition) is 1. The molecule has 2 heteroatoms. The fourth-order valence-electron chi connectivity index (χ4n) is 3.25. The Hall–Kier alpha value is -1.02. The molecular formula is C14H18O2. The van der Waals surface area contributed by atoms with Crippen LogP contribution in [0.4, 0.5) is 0 Å². The van der Waals surface area contributed by atoms with Crippen molar-refractivity contribution >= 4 is 0 Å². The van der Waals surface area contributed by atoms with Gasteiger partial charge in [0.25, 0.3) is 0 Å². The van der Waals surface area contributed by atoms with E-state index in [-0.39, 0.29) is 5.41 Å². The molecule has 2 aliphatic carbocycles. The van der Waals surface area contributed by atoms with Gasteiger partial charge in [-0.15, -0.1) is 0 Å². The molecule has 0 aliphatic heterocycles. The Morgan fingerprint density at radius 2 is 2.12 bits per heavy atom. The van der Waals surface area contributed by atoms with Crippen molar-refractivity contribution in [3.8, 4) is 5.75 Å². The van der Waals surface area contributed by atoms with Crippen LogP contribution in [-0.4, -0.2) is 18.8 Å². The van der Waals surface area contributed by atoms with Crippen LogP contribution >= 0.6 is 0 Å². The molecule has 0 aromatic heterocycles. The molecule has 86 valence electrons. The summed E-state index contributed by atoms with van der Waals surface area (Å²) in [7, 11) is 1.73. The monoisotopic (exact) mass is 218 g/mol. The van der Waals surface area contributed by atoms with Gasteiger partial charge in [0.1, 0.15) is 5.75 Å². The highest BCUT2D eigenvalue weighted by atomic mass is 16.5. The maximum Gasteiger partial charge on any atom is 0.122 e. The summed E-state index contributed by atoms with van der Waals surface area (Å²) in [4.78, 5) is 0. The summed E-state index contributed by atoms with van der Waals surface area (Å²) in [5.41, 5.74) is 1.56. The summed E-state index contributed by atoms with van der Waals surface area (Å²) in [6.45, 7) is 0.314. The molecule has 0 bridgehead atoms. The van der Waals surface area contributed by atoms with E-state index in [0.717, 1.165) is 18.1 Å². The highest BCUT2D eigenvalue weighted by molar-refractivity contribution is 5.46. The Morgan fingerprint density at radius 1 is 1.38 bits per heavy atom. The molecule has 2 atom stereocenters. The number of hydrogen-bond acceptors (Lipinski definition) is 2. The lowest BCUT2D eigenvalue weighted by Crippen LogP contribution is -2.16. The van der Waals surface area contributed by atoms with Crippen LogP contribution in [0.15, 0.2) is 24.3 Å². The second-order valence-corrected chi connectivity index (χ2v) is 5.10. The molecule has 0 radical (unpaired) electrons. The van der Waals surface area contributed by atoms with Crippen LogP contribution in [0.1, 0.15) is 24.8 Å². The molecule has 2 nitrogen and oxygen atoms in total. The van der Waals surface area contributed by atoms with E-state index in [4.69, 9.17) is 4.74 Å². The number of methoxy groups -OCH3 is 1. The van der Waals surface area contributed by atoms with Gasteiger partial charge in [0.15, 0.2) is 0 Å². The first-order valence-corrected chi connectivity index (χ1v) is 6.07. The quantitative estimate of drug-likeness (QED) is 0.840. The lowest BCUT2D eigenvalue weighted by molar-refractivity contribution is 0.257. The largest absolute Gasteiger partial charge is 0.496 e. The Labute approximate surface area is 96.2 Å². The molecule has 0 heterocycles. The lowest BCUT2D eigenvalue weighted by Gasteiger charge is -2.20. The summed E-state index contributed by atoms with van der Waals surface area (Å²) < 4.78 is 5.46. The molecule has 0 amide bonds. The van der Waals surface area contributed by atoms with Crippen LogP contribution in [0.2, 0.25) is 0 Å². The molecule has 1 aromatic carbocycles. The molecular weight excluding hydrogens is 200 g/mol. The standard InChI is InChI=1S/C14H18O2/c1-16-13-5-3-2-4-12(13)14(10-6-7-10)8-11(14)9-15/h2-5,10-11,15H,6-9H2,1H3. The van der Waals surface area contributed by atoms with Gasteiger partial charge >= 0.3 is 0 Å². The Balaban J connectivity index is 2.01. The van der Waals surface area contributed by atoms with E-state index in [1.807, 2.05) is 12.1 Å². The zero-order chi connectivity index (χ0) is 11.2. The molecule has 0 spiro atoms. The normalized spacial score (nSPS) is 32.5. The first-order valence-electron chi connectivity index (χ1n) is 6.07. The highest BCUT2D eigenvalue weighted by Gasteiger charge is 2.63. The van der Waals surface area contributed by atoms with Crippen LogP contribution < -0.4 is 4.74 Å². The van der Waals surface area contributed by atoms with Gasteiger partial charge < -0.3 is 9.84 Å². The Morgan fingerprint density at radius 3 is 2.69 bits per heavy atom. The van der Waals surface area contributed by atoms with Gasteiger partial charge in [-0.05, 0) is 37.2 Å². The molecule has 2 saturated carbocycles. The van der Waals surface area contributed by atoms with E-state index in [0.29, 0.717) is 12.5 Å². The number of ether oxygens (including phenoxy) is 1. The molecule has 2 unspecified atom stereocenters. The molecule has 1 aromatic rings. The number of aliphatic hydroxyl groups excluding tert-OH is 1. The van der Waals surface area contributed by atoms with Gasteiger partial charge in [-0.2, -0.15) is 0 Å². The summed E-state index contributed by atoms with van der Waals surface area (Å²) in [5.74, 6) is 2.22. The second kappa shape index (κ2) is 3.49. The van der Waals surface area contributed by atoms with Gasteiger partial charge in [-0.1, -0.05) is 18.2 Å². The lowest BCUT2D eigenvalue weighted by atomic mass is 9.87. The zero-order valence-electron chi connectivity index (χ0n) is 9.65. The van der Waals surface area contributed by atoms with Gasteiger partial charge in [-0.3, -0.25) is 0 Å². The van der Waals surface area contributed by atoms with Crippen LogP contribution in [0.3, 0.4) is 0 Å². The second-order valence-electron chi connectivity index (χ2n) is 5.10. The van der Waals surface area contributed by atoms with E-state index in [1.54, 1.807) is 7.11 Å². The smallest absolute Gasteiger partial charge is 0.122 e. The minimum atomic E-state index is 0.237. The topological polar surface area (TPSA) is 29.5 Å². The highest BCUT2D eigenvalue weighted by Crippen LogP contribution is 2.67. The van der Waals surface area contributed by atoms with Gasteiger partial charge in [0.05, 0.1) is 7.11 Å². The molecule has 0 saturated heterocycles. The first kappa shape index (κ1) is 10.2. The van der Waals surface area contributed by atoms with Crippen molar-refractivity contribution in [3.05, 3.63) is 29.8 Å². The summed E-state index contributed by atoms with van der Waals surface area (Å²) in [6.07, 6.45) is 3.76.